The van der Waals surface area contributed by atoms with Gasteiger partial charge in [0.15, 0.2) is 0 Å². The van der Waals surface area contributed by atoms with Crippen LogP contribution in [0.1, 0.15) is 60.8 Å². The van der Waals surface area contributed by atoms with Crippen LogP contribution in [0.3, 0.4) is 0 Å². The van der Waals surface area contributed by atoms with Crippen molar-refractivity contribution in [3.63, 3.8) is 0 Å². The van der Waals surface area contributed by atoms with Gasteiger partial charge < -0.3 is 9.47 Å². The van der Waals surface area contributed by atoms with E-state index in [1.165, 1.54) is 6.42 Å². The van der Waals surface area contributed by atoms with Crippen LogP contribution in [0.25, 0.3) is 0 Å². The Kier molecular flexibility index (Phi) is 8.06. The third-order valence-corrected chi connectivity index (χ3v) is 2.33. The van der Waals surface area contributed by atoms with Crippen molar-refractivity contribution in [2.24, 2.45) is 10.8 Å². The Morgan fingerprint density at radius 2 is 1.18 bits per heavy atom. The molecule has 17 heavy (non-hydrogen) atoms. The van der Waals surface area contributed by atoms with Crippen molar-refractivity contribution in [3.8, 4) is 0 Å². The van der Waals surface area contributed by atoms with Crippen LogP contribution >= 0.6 is 0 Å². The lowest BCUT2D eigenvalue weighted by atomic mass is 9.91. The summed E-state index contributed by atoms with van der Waals surface area (Å²) in [5.41, 5.74) is 0.701. The van der Waals surface area contributed by atoms with Crippen molar-refractivity contribution in [2.75, 3.05) is 26.4 Å². The molecule has 0 rings (SSSR count). The molecule has 0 radical (unpaired) electrons. The molecule has 0 unspecified atom stereocenters. The Labute approximate surface area is 108 Å². The molecule has 0 aliphatic carbocycles. The highest BCUT2D eigenvalue weighted by molar-refractivity contribution is 4.60. The van der Waals surface area contributed by atoms with Crippen LogP contribution < -0.4 is 0 Å². The number of rotatable bonds is 8. The summed E-state index contributed by atoms with van der Waals surface area (Å²) >= 11 is 0. The van der Waals surface area contributed by atoms with E-state index >= 15 is 0 Å². The number of hydrogen-bond donors (Lipinski definition) is 0. The first-order chi connectivity index (χ1) is 7.71. The lowest BCUT2D eigenvalue weighted by molar-refractivity contribution is 0.0468. The predicted molar refractivity (Wildman–Crippen MR) is 74.4 cm³/mol. The van der Waals surface area contributed by atoms with Crippen LogP contribution in [0.2, 0.25) is 0 Å². The molecule has 0 aliphatic rings. The van der Waals surface area contributed by atoms with Crippen LogP contribution in [0.4, 0.5) is 0 Å². The molecule has 0 amide bonds. The fourth-order valence-electron chi connectivity index (χ4n) is 1.45. The molecule has 2 heteroatoms. The predicted octanol–water partition coefficient (Wildman–Crippen LogP) is 4.28. The van der Waals surface area contributed by atoms with Gasteiger partial charge in [0.2, 0.25) is 0 Å². The summed E-state index contributed by atoms with van der Waals surface area (Å²) in [6.07, 6.45) is 3.39. The maximum atomic E-state index is 5.58. The van der Waals surface area contributed by atoms with Crippen LogP contribution in [-0.2, 0) is 9.47 Å². The van der Waals surface area contributed by atoms with E-state index in [4.69, 9.17) is 9.47 Å². The number of hydrogen-bond acceptors (Lipinski definition) is 2. The zero-order valence-electron chi connectivity index (χ0n) is 12.8. The van der Waals surface area contributed by atoms with Gasteiger partial charge in [-0.25, -0.2) is 0 Å². The van der Waals surface area contributed by atoms with Crippen molar-refractivity contribution in [1.82, 2.24) is 0 Å². The lowest BCUT2D eigenvalue weighted by Gasteiger charge is -2.18. The summed E-state index contributed by atoms with van der Waals surface area (Å²) in [5, 5.41) is 0. The van der Waals surface area contributed by atoms with Crippen molar-refractivity contribution in [1.29, 1.82) is 0 Å². The van der Waals surface area contributed by atoms with E-state index in [2.05, 4.69) is 41.5 Å². The smallest absolute Gasteiger partial charge is 0.0514 e. The van der Waals surface area contributed by atoms with Gasteiger partial charge in [-0.2, -0.15) is 0 Å². The molecule has 2 nitrogen and oxygen atoms in total. The fraction of sp³-hybridized carbons (Fsp3) is 1.00. The molecule has 0 spiro atoms. The molecular weight excluding hydrogens is 212 g/mol. The third kappa shape index (κ3) is 15.9. The van der Waals surface area contributed by atoms with Gasteiger partial charge in [0.1, 0.15) is 0 Å². The van der Waals surface area contributed by atoms with Gasteiger partial charge in [-0.15, -0.1) is 0 Å². The first-order valence-electron chi connectivity index (χ1n) is 6.86. The first-order valence-corrected chi connectivity index (χ1v) is 6.86. The number of ether oxygens (including phenoxy) is 2. The maximum absolute atomic E-state index is 5.58. The monoisotopic (exact) mass is 244 g/mol. The molecule has 0 atom stereocenters. The molecule has 104 valence electrons. The molecule has 0 bridgehead atoms. The van der Waals surface area contributed by atoms with E-state index < -0.39 is 0 Å². The molecule has 0 saturated heterocycles. The van der Waals surface area contributed by atoms with Crippen LogP contribution in [-0.4, -0.2) is 26.4 Å². The lowest BCUT2D eigenvalue weighted by Crippen LogP contribution is -2.15. The van der Waals surface area contributed by atoms with Gasteiger partial charge in [0, 0.05) is 19.8 Å². The van der Waals surface area contributed by atoms with Crippen molar-refractivity contribution in [3.05, 3.63) is 0 Å². The molecular formula is C15H32O2. The first kappa shape index (κ1) is 16.9. The molecule has 0 aromatic carbocycles. The minimum absolute atomic E-state index is 0.271. The van der Waals surface area contributed by atoms with Gasteiger partial charge >= 0.3 is 0 Å². The SMILES string of the molecule is CC(C)(C)CCCOCCCOCC(C)(C)C. The Morgan fingerprint density at radius 1 is 0.647 bits per heavy atom. The van der Waals surface area contributed by atoms with Gasteiger partial charge in [-0.05, 0) is 30.1 Å². The average Bonchev–Trinajstić information content (AvgIpc) is 2.11. The zero-order chi connectivity index (χ0) is 13.4. The zero-order valence-corrected chi connectivity index (χ0v) is 12.8. The molecule has 0 saturated carbocycles. The summed E-state index contributed by atoms with van der Waals surface area (Å²) in [6.45, 7) is 16.7. The highest BCUT2D eigenvalue weighted by Gasteiger charge is 2.10. The molecule has 0 aromatic rings. The molecule has 0 heterocycles. The summed E-state index contributed by atoms with van der Waals surface area (Å²) < 4.78 is 11.2. The molecule has 0 aromatic heterocycles. The van der Waals surface area contributed by atoms with Gasteiger partial charge in [0.05, 0.1) is 6.61 Å². The highest BCUT2D eigenvalue weighted by Crippen LogP contribution is 2.20. The van der Waals surface area contributed by atoms with E-state index in [9.17, 15) is 0 Å². The molecule has 0 fully saturated rings. The van der Waals surface area contributed by atoms with E-state index in [-0.39, 0.29) is 5.41 Å². The Balaban J connectivity index is 3.15. The topological polar surface area (TPSA) is 18.5 Å². The molecule has 0 aliphatic heterocycles. The fourth-order valence-corrected chi connectivity index (χ4v) is 1.45. The van der Waals surface area contributed by atoms with E-state index in [1.54, 1.807) is 0 Å². The summed E-state index contributed by atoms with van der Waals surface area (Å²) in [7, 11) is 0. The Morgan fingerprint density at radius 3 is 1.71 bits per heavy atom. The van der Waals surface area contributed by atoms with Crippen LogP contribution in [0.15, 0.2) is 0 Å². The van der Waals surface area contributed by atoms with Crippen molar-refractivity contribution in [2.45, 2.75) is 60.8 Å². The highest BCUT2D eigenvalue weighted by atomic mass is 16.5. The standard InChI is InChI=1S/C15H32O2/c1-14(2,3)9-7-10-16-11-8-12-17-13-15(4,5)6/h7-13H2,1-6H3. The largest absolute Gasteiger partial charge is 0.381 e. The van der Waals surface area contributed by atoms with Gasteiger partial charge in [0.25, 0.3) is 0 Å². The van der Waals surface area contributed by atoms with E-state index in [0.29, 0.717) is 5.41 Å². The van der Waals surface area contributed by atoms with E-state index in [1.807, 2.05) is 0 Å². The second-order valence-electron chi connectivity index (χ2n) is 7.24. The maximum Gasteiger partial charge on any atom is 0.0514 e. The summed E-state index contributed by atoms with van der Waals surface area (Å²) in [6, 6.07) is 0. The average molecular weight is 244 g/mol. The van der Waals surface area contributed by atoms with E-state index in [0.717, 1.165) is 39.3 Å². The van der Waals surface area contributed by atoms with Gasteiger partial charge in [-0.3, -0.25) is 0 Å². The summed E-state index contributed by atoms with van der Waals surface area (Å²) in [5.74, 6) is 0. The quantitative estimate of drug-likeness (QED) is 0.593. The minimum Gasteiger partial charge on any atom is -0.381 e. The molecule has 0 N–H and O–H groups in total. The van der Waals surface area contributed by atoms with Crippen LogP contribution in [0, 0.1) is 10.8 Å². The van der Waals surface area contributed by atoms with Crippen LogP contribution in [0.5, 0.6) is 0 Å². The minimum atomic E-state index is 0.271. The normalized spacial score (nSPS) is 13.1. The van der Waals surface area contributed by atoms with Crippen molar-refractivity contribution < 1.29 is 9.47 Å². The second-order valence-corrected chi connectivity index (χ2v) is 7.24. The second kappa shape index (κ2) is 8.10. The van der Waals surface area contributed by atoms with Crippen molar-refractivity contribution >= 4 is 0 Å². The Bertz CT molecular complexity index is 154. The van der Waals surface area contributed by atoms with Gasteiger partial charge in [-0.1, -0.05) is 41.5 Å². The third-order valence-electron chi connectivity index (χ3n) is 2.33. The summed E-state index contributed by atoms with van der Waals surface area (Å²) in [4.78, 5) is 0. The Hall–Kier alpha value is -0.0800.